The van der Waals surface area contributed by atoms with E-state index in [0.717, 1.165) is 34.7 Å². The van der Waals surface area contributed by atoms with Gasteiger partial charge in [-0.25, -0.2) is 0 Å². The molecule has 1 unspecified atom stereocenters. The average molecular weight is 290 g/mol. The first kappa shape index (κ1) is 13.7. The molecule has 1 saturated heterocycles. The second-order valence-electron chi connectivity index (χ2n) is 5.33. The van der Waals surface area contributed by atoms with Gasteiger partial charge in [0.15, 0.2) is 0 Å². The number of nitrogens with one attached hydrogen (secondary N) is 1. The number of fused-ring (bicyclic) bond motifs is 1. The third-order valence-corrected chi connectivity index (χ3v) is 4.37. The number of likely N-dealkylation sites (tertiary alicyclic amines) is 1. The number of benzene rings is 1. The Morgan fingerprint density at radius 1 is 1.40 bits per heavy atom. The Morgan fingerprint density at radius 3 is 3.15 bits per heavy atom. The molecule has 3 nitrogen and oxygen atoms in total. The molecule has 1 aliphatic heterocycles. The van der Waals surface area contributed by atoms with Crippen molar-refractivity contribution in [2.75, 3.05) is 25.0 Å². The number of nitrogens with zero attached hydrogens (tertiary/aromatic N) is 2. The van der Waals surface area contributed by atoms with E-state index in [0.29, 0.717) is 6.04 Å². The average Bonchev–Trinajstić information content (AvgIpc) is 2.92. The van der Waals surface area contributed by atoms with Gasteiger partial charge in [-0.2, -0.15) is 0 Å². The van der Waals surface area contributed by atoms with Crippen molar-refractivity contribution in [3.63, 3.8) is 0 Å². The van der Waals surface area contributed by atoms with Gasteiger partial charge in [0.25, 0.3) is 0 Å². The van der Waals surface area contributed by atoms with Crippen molar-refractivity contribution < 1.29 is 0 Å². The van der Waals surface area contributed by atoms with Gasteiger partial charge < -0.3 is 5.32 Å². The number of pyridine rings is 1. The molecule has 20 heavy (non-hydrogen) atoms. The van der Waals surface area contributed by atoms with Crippen LogP contribution in [0.15, 0.2) is 30.5 Å². The van der Waals surface area contributed by atoms with Crippen LogP contribution < -0.4 is 5.32 Å². The van der Waals surface area contributed by atoms with Gasteiger partial charge in [-0.3, -0.25) is 9.88 Å². The molecule has 2 aromatic rings. The second kappa shape index (κ2) is 5.98. The number of halogens is 1. The molecule has 0 bridgehead atoms. The maximum atomic E-state index is 6.02. The largest absolute Gasteiger partial charge is 0.383 e. The standard InChI is InChI=1S/C16H20ClN3/c1-2-20-9-3-4-13(20)11-19-15-7-8-18-16-10-12(17)5-6-14(15)16/h5-8,10,13H,2-4,9,11H2,1H3,(H,18,19). The number of anilines is 1. The van der Waals surface area contributed by atoms with Gasteiger partial charge in [0, 0.05) is 34.9 Å². The lowest BCUT2D eigenvalue weighted by Crippen LogP contribution is -2.34. The summed E-state index contributed by atoms with van der Waals surface area (Å²) in [5.74, 6) is 0. The molecule has 0 radical (unpaired) electrons. The highest BCUT2D eigenvalue weighted by Gasteiger charge is 2.22. The van der Waals surface area contributed by atoms with E-state index >= 15 is 0 Å². The highest BCUT2D eigenvalue weighted by molar-refractivity contribution is 6.31. The van der Waals surface area contributed by atoms with E-state index in [1.165, 1.54) is 19.4 Å². The molecular weight excluding hydrogens is 270 g/mol. The van der Waals surface area contributed by atoms with E-state index in [1.54, 1.807) is 0 Å². The van der Waals surface area contributed by atoms with Crippen LogP contribution in [0.4, 0.5) is 5.69 Å². The normalized spacial score (nSPS) is 19.6. The van der Waals surface area contributed by atoms with Gasteiger partial charge in [0.05, 0.1) is 5.52 Å². The minimum atomic E-state index is 0.649. The smallest absolute Gasteiger partial charge is 0.0737 e. The van der Waals surface area contributed by atoms with Crippen molar-refractivity contribution in [3.8, 4) is 0 Å². The summed E-state index contributed by atoms with van der Waals surface area (Å²) >= 11 is 6.02. The quantitative estimate of drug-likeness (QED) is 0.928. The first-order chi connectivity index (χ1) is 9.78. The fraction of sp³-hybridized carbons (Fsp3) is 0.438. The van der Waals surface area contributed by atoms with Crippen molar-refractivity contribution >= 4 is 28.2 Å². The van der Waals surface area contributed by atoms with Gasteiger partial charge in [-0.1, -0.05) is 18.5 Å². The SMILES string of the molecule is CCN1CCCC1CNc1ccnc2cc(Cl)ccc12. The molecule has 106 valence electrons. The van der Waals surface area contributed by atoms with Crippen LogP contribution in [0.2, 0.25) is 5.02 Å². The summed E-state index contributed by atoms with van der Waals surface area (Å²) in [6, 6.07) is 8.57. The summed E-state index contributed by atoms with van der Waals surface area (Å²) in [7, 11) is 0. The Kier molecular flexibility index (Phi) is 4.08. The van der Waals surface area contributed by atoms with E-state index in [4.69, 9.17) is 11.6 Å². The van der Waals surface area contributed by atoms with Crippen molar-refractivity contribution in [2.24, 2.45) is 0 Å². The molecule has 0 saturated carbocycles. The van der Waals surface area contributed by atoms with Gasteiger partial charge >= 0.3 is 0 Å². The van der Waals surface area contributed by atoms with Crippen LogP contribution in [-0.2, 0) is 0 Å². The molecule has 2 heterocycles. The third-order valence-electron chi connectivity index (χ3n) is 4.14. The summed E-state index contributed by atoms with van der Waals surface area (Å²) in [4.78, 5) is 6.93. The molecule has 1 N–H and O–H groups in total. The lowest BCUT2D eigenvalue weighted by molar-refractivity contribution is 0.277. The monoisotopic (exact) mass is 289 g/mol. The number of hydrogen-bond acceptors (Lipinski definition) is 3. The minimum absolute atomic E-state index is 0.649. The zero-order valence-electron chi connectivity index (χ0n) is 11.8. The molecular formula is C16H20ClN3. The molecule has 0 amide bonds. The molecule has 4 heteroatoms. The van der Waals surface area contributed by atoms with E-state index in [2.05, 4.69) is 22.1 Å². The highest BCUT2D eigenvalue weighted by atomic mass is 35.5. The maximum Gasteiger partial charge on any atom is 0.0737 e. The number of hydrogen-bond donors (Lipinski definition) is 1. The van der Waals surface area contributed by atoms with Crippen molar-refractivity contribution in [1.29, 1.82) is 0 Å². The molecule has 1 aliphatic rings. The predicted octanol–water partition coefficient (Wildman–Crippen LogP) is 3.78. The fourth-order valence-corrected chi connectivity index (χ4v) is 3.21. The first-order valence-corrected chi connectivity index (χ1v) is 7.68. The van der Waals surface area contributed by atoms with Gasteiger partial charge in [0.2, 0.25) is 0 Å². The molecule has 0 aliphatic carbocycles. The predicted molar refractivity (Wildman–Crippen MR) is 85.5 cm³/mol. The van der Waals surface area contributed by atoms with E-state index < -0.39 is 0 Å². The Labute approximate surface area is 124 Å². The van der Waals surface area contributed by atoms with Crippen molar-refractivity contribution in [3.05, 3.63) is 35.5 Å². The van der Waals surface area contributed by atoms with Crippen molar-refractivity contribution in [1.82, 2.24) is 9.88 Å². The van der Waals surface area contributed by atoms with Crippen LogP contribution in [0.25, 0.3) is 10.9 Å². The van der Waals surface area contributed by atoms with Crippen LogP contribution in [0.5, 0.6) is 0 Å². The Bertz CT molecular complexity index is 599. The van der Waals surface area contributed by atoms with Crippen molar-refractivity contribution in [2.45, 2.75) is 25.8 Å². The molecule has 0 spiro atoms. The Morgan fingerprint density at radius 2 is 2.30 bits per heavy atom. The summed E-state index contributed by atoms with van der Waals surface area (Å²) in [5.41, 5.74) is 2.09. The summed E-state index contributed by atoms with van der Waals surface area (Å²) in [5, 5.41) is 5.46. The molecule has 3 rings (SSSR count). The second-order valence-corrected chi connectivity index (χ2v) is 5.76. The molecule has 1 atom stereocenters. The van der Waals surface area contributed by atoms with E-state index in [9.17, 15) is 0 Å². The Hall–Kier alpha value is -1.32. The molecule has 1 fully saturated rings. The fourth-order valence-electron chi connectivity index (χ4n) is 3.05. The van der Waals surface area contributed by atoms with Crippen LogP contribution in [0, 0.1) is 0 Å². The summed E-state index contributed by atoms with van der Waals surface area (Å²) in [6.07, 6.45) is 4.44. The number of rotatable bonds is 4. The lowest BCUT2D eigenvalue weighted by Gasteiger charge is -2.23. The van der Waals surface area contributed by atoms with E-state index in [-0.39, 0.29) is 0 Å². The number of likely N-dealkylation sites (N-methyl/N-ethyl adjacent to an activating group) is 1. The van der Waals surface area contributed by atoms with E-state index in [1.807, 2.05) is 30.5 Å². The maximum absolute atomic E-state index is 6.02. The summed E-state index contributed by atoms with van der Waals surface area (Å²) < 4.78 is 0. The first-order valence-electron chi connectivity index (χ1n) is 7.30. The molecule has 1 aromatic carbocycles. The highest BCUT2D eigenvalue weighted by Crippen LogP contribution is 2.25. The van der Waals surface area contributed by atoms with Crippen LogP contribution in [0.1, 0.15) is 19.8 Å². The number of aromatic nitrogens is 1. The zero-order chi connectivity index (χ0) is 13.9. The van der Waals surface area contributed by atoms with Crippen LogP contribution in [-0.4, -0.2) is 35.6 Å². The minimum Gasteiger partial charge on any atom is -0.383 e. The van der Waals surface area contributed by atoms with Gasteiger partial charge in [-0.05, 0) is 50.2 Å². The third kappa shape index (κ3) is 2.74. The lowest BCUT2D eigenvalue weighted by atomic mass is 10.1. The zero-order valence-corrected chi connectivity index (χ0v) is 12.5. The van der Waals surface area contributed by atoms with Gasteiger partial charge in [0.1, 0.15) is 0 Å². The topological polar surface area (TPSA) is 28.2 Å². The molecule has 1 aromatic heterocycles. The van der Waals surface area contributed by atoms with Gasteiger partial charge in [-0.15, -0.1) is 0 Å². The summed E-state index contributed by atoms with van der Waals surface area (Å²) in [6.45, 7) is 5.60. The van der Waals surface area contributed by atoms with Crippen LogP contribution >= 0.6 is 11.6 Å². The van der Waals surface area contributed by atoms with Crippen LogP contribution in [0.3, 0.4) is 0 Å². The Balaban J connectivity index is 1.77.